The average molecular weight is 403 g/mol. The van der Waals surface area contributed by atoms with Gasteiger partial charge < -0.3 is 29.9 Å². The standard InChI is InChI=1S/C19H29N7O3/c1-19(2,27)16-23-18(29-24-16)25-6-3-13(4-7-25)12-28-15-9-21-17(22-10-15)26-8-5-14(20)11-26/h9-10,13-14,27H,3-8,11-12,20H2,1-2H3. The van der Waals surface area contributed by atoms with Gasteiger partial charge in [-0.05, 0) is 39.0 Å². The molecule has 4 heterocycles. The van der Waals surface area contributed by atoms with Gasteiger partial charge in [0.2, 0.25) is 11.8 Å². The molecule has 4 rings (SSSR count). The van der Waals surface area contributed by atoms with E-state index >= 15 is 0 Å². The normalized spacial score (nSPS) is 21.0. The monoisotopic (exact) mass is 403 g/mol. The van der Waals surface area contributed by atoms with Gasteiger partial charge in [-0.15, -0.1) is 0 Å². The second-order valence-corrected chi connectivity index (χ2v) is 8.41. The van der Waals surface area contributed by atoms with Crippen LogP contribution >= 0.6 is 0 Å². The molecule has 3 N–H and O–H groups in total. The Morgan fingerprint density at radius 1 is 1.17 bits per heavy atom. The van der Waals surface area contributed by atoms with Crippen molar-refractivity contribution in [2.24, 2.45) is 11.7 Å². The van der Waals surface area contributed by atoms with Crippen molar-refractivity contribution >= 4 is 12.0 Å². The lowest BCUT2D eigenvalue weighted by Gasteiger charge is -2.30. The van der Waals surface area contributed by atoms with E-state index in [9.17, 15) is 5.11 Å². The molecule has 0 bridgehead atoms. The van der Waals surface area contributed by atoms with Gasteiger partial charge in [0.15, 0.2) is 5.75 Å². The topological polar surface area (TPSA) is 127 Å². The summed E-state index contributed by atoms with van der Waals surface area (Å²) in [5.74, 6) is 2.14. The first-order valence-corrected chi connectivity index (χ1v) is 10.2. The fourth-order valence-corrected chi connectivity index (χ4v) is 3.61. The zero-order valence-corrected chi connectivity index (χ0v) is 17.0. The molecule has 10 nitrogen and oxygen atoms in total. The summed E-state index contributed by atoms with van der Waals surface area (Å²) in [6.07, 6.45) is 6.37. The van der Waals surface area contributed by atoms with Crippen molar-refractivity contribution in [3.63, 3.8) is 0 Å². The van der Waals surface area contributed by atoms with Crippen LogP contribution in [0, 0.1) is 5.92 Å². The predicted octanol–water partition coefficient (Wildman–Crippen LogP) is 0.920. The van der Waals surface area contributed by atoms with Crippen molar-refractivity contribution in [3.8, 4) is 5.75 Å². The fraction of sp³-hybridized carbons (Fsp3) is 0.684. The molecule has 1 unspecified atom stereocenters. The Morgan fingerprint density at radius 3 is 2.45 bits per heavy atom. The van der Waals surface area contributed by atoms with E-state index in [0.717, 1.165) is 45.4 Å². The third-order valence-corrected chi connectivity index (χ3v) is 5.46. The molecule has 2 aromatic heterocycles. The molecule has 0 saturated carbocycles. The first kappa shape index (κ1) is 19.8. The van der Waals surface area contributed by atoms with Gasteiger partial charge in [-0.2, -0.15) is 4.98 Å². The molecule has 10 heteroatoms. The van der Waals surface area contributed by atoms with Crippen molar-refractivity contribution < 1.29 is 14.4 Å². The first-order valence-electron chi connectivity index (χ1n) is 10.2. The molecule has 2 aromatic rings. The molecule has 1 atom stereocenters. The second kappa shape index (κ2) is 8.11. The minimum atomic E-state index is -1.10. The van der Waals surface area contributed by atoms with Crippen LogP contribution in [0.2, 0.25) is 0 Å². The number of anilines is 2. The lowest BCUT2D eigenvalue weighted by atomic mass is 9.98. The number of piperidine rings is 1. The van der Waals surface area contributed by atoms with Crippen LogP contribution in [0.25, 0.3) is 0 Å². The number of rotatable bonds is 6. The summed E-state index contributed by atoms with van der Waals surface area (Å²) in [5, 5.41) is 13.8. The molecule has 2 fully saturated rings. The molecule has 2 aliphatic rings. The minimum Gasteiger partial charge on any atom is -0.490 e. The highest BCUT2D eigenvalue weighted by Gasteiger charge is 2.28. The van der Waals surface area contributed by atoms with Crippen LogP contribution in [0.1, 0.15) is 38.9 Å². The summed E-state index contributed by atoms with van der Waals surface area (Å²) in [7, 11) is 0. The molecule has 0 aliphatic carbocycles. The quantitative estimate of drug-likeness (QED) is 0.719. The Balaban J connectivity index is 1.23. The smallest absolute Gasteiger partial charge is 0.324 e. The van der Waals surface area contributed by atoms with Gasteiger partial charge in [-0.25, -0.2) is 9.97 Å². The van der Waals surface area contributed by atoms with Gasteiger partial charge in [0, 0.05) is 32.2 Å². The van der Waals surface area contributed by atoms with Crippen LogP contribution in [-0.2, 0) is 5.60 Å². The summed E-state index contributed by atoms with van der Waals surface area (Å²) < 4.78 is 11.2. The third-order valence-electron chi connectivity index (χ3n) is 5.46. The van der Waals surface area contributed by atoms with E-state index in [0.29, 0.717) is 36.1 Å². The van der Waals surface area contributed by atoms with E-state index in [1.54, 1.807) is 26.2 Å². The summed E-state index contributed by atoms with van der Waals surface area (Å²) >= 11 is 0. The number of ether oxygens (including phenoxy) is 1. The molecule has 0 spiro atoms. The van der Waals surface area contributed by atoms with E-state index in [-0.39, 0.29) is 6.04 Å². The zero-order chi connectivity index (χ0) is 20.4. The van der Waals surface area contributed by atoms with E-state index in [2.05, 4.69) is 29.9 Å². The minimum absolute atomic E-state index is 0.203. The van der Waals surface area contributed by atoms with Crippen molar-refractivity contribution in [2.45, 2.75) is 44.8 Å². The molecular weight excluding hydrogens is 374 g/mol. The van der Waals surface area contributed by atoms with Crippen LogP contribution in [0.5, 0.6) is 5.75 Å². The number of nitrogens with two attached hydrogens (primary N) is 1. The maximum atomic E-state index is 9.97. The molecule has 0 radical (unpaired) electrons. The maximum absolute atomic E-state index is 9.97. The number of hydrogen-bond donors (Lipinski definition) is 2. The average Bonchev–Trinajstić information content (AvgIpc) is 3.37. The highest BCUT2D eigenvalue weighted by molar-refractivity contribution is 5.33. The predicted molar refractivity (Wildman–Crippen MR) is 107 cm³/mol. The van der Waals surface area contributed by atoms with Crippen LogP contribution in [0.4, 0.5) is 12.0 Å². The Morgan fingerprint density at radius 2 is 1.86 bits per heavy atom. The van der Waals surface area contributed by atoms with Gasteiger partial charge in [0.1, 0.15) is 5.60 Å². The Bertz CT molecular complexity index is 797. The van der Waals surface area contributed by atoms with Crippen molar-refractivity contribution in [1.29, 1.82) is 0 Å². The molecule has 158 valence electrons. The molecule has 0 aromatic carbocycles. The van der Waals surface area contributed by atoms with Crippen LogP contribution < -0.4 is 20.3 Å². The van der Waals surface area contributed by atoms with Gasteiger partial charge in [-0.1, -0.05) is 5.16 Å². The first-order chi connectivity index (χ1) is 13.9. The Hall–Kier alpha value is -2.46. The molecule has 2 aliphatic heterocycles. The highest BCUT2D eigenvalue weighted by Crippen LogP contribution is 2.25. The Labute approximate surface area is 170 Å². The van der Waals surface area contributed by atoms with E-state index in [4.69, 9.17) is 15.0 Å². The largest absolute Gasteiger partial charge is 0.490 e. The molecular formula is C19H29N7O3. The lowest BCUT2D eigenvalue weighted by Crippen LogP contribution is -2.35. The van der Waals surface area contributed by atoms with Gasteiger partial charge >= 0.3 is 6.01 Å². The van der Waals surface area contributed by atoms with Gasteiger partial charge in [0.25, 0.3) is 0 Å². The van der Waals surface area contributed by atoms with Gasteiger partial charge in [-0.3, -0.25) is 0 Å². The zero-order valence-electron chi connectivity index (χ0n) is 17.0. The summed E-state index contributed by atoms with van der Waals surface area (Å²) in [4.78, 5) is 17.3. The summed E-state index contributed by atoms with van der Waals surface area (Å²) in [6.45, 7) is 7.23. The van der Waals surface area contributed by atoms with Crippen LogP contribution in [0.3, 0.4) is 0 Å². The highest BCUT2D eigenvalue weighted by atomic mass is 16.5. The maximum Gasteiger partial charge on any atom is 0.324 e. The number of aromatic nitrogens is 4. The van der Waals surface area contributed by atoms with E-state index in [1.807, 2.05) is 0 Å². The van der Waals surface area contributed by atoms with E-state index in [1.165, 1.54) is 0 Å². The lowest BCUT2D eigenvalue weighted by molar-refractivity contribution is 0.0661. The second-order valence-electron chi connectivity index (χ2n) is 8.41. The van der Waals surface area contributed by atoms with Gasteiger partial charge in [0.05, 0.1) is 19.0 Å². The third kappa shape index (κ3) is 4.76. The molecule has 2 saturated heterocycles. The fourth-order valence-electron chi connectivity index (χ4n) is 3.61. The summed E-state index contributed by atoms with van der Waals surface area (Å²) in [5.41, 5.74) is 4.84. The van der Waals surface area contributed by atoms with E-state index < -0.39 is 5.60 Å². The number of nitrogens with zero attached hydrogens (tertiary/aromatic N) is 6. The Kier molecular flexibility index (Phi) is 5.55. The van der Waals surface area contributed by atoms with Crippen molar-refractivity contribution in [3.05, 3.63) is 18.2 Å². The van der Waals surface area contributed by atoms with Crippen LogP contribution in [-0.4, -0.2) is 64.0 Å². The number of hydrogen-bond acceptors (Lipinski definition) is 10. The van der Waals surface area contributed by atoms with Crippen molar-refractivity contribution in [2.75, 3.05) is 42.6 Å². The summed E-state index contributed by atoms with van der Waals surface area (Å²) in [6, 6.07) is 0.668. The molecule has 0 amide bonds. The SMILES string of the molecule is CC(C)(O)c1noc(N2CCC(COc3cnc(N4CCC(N)C4)nc3)CC2)n1. The number of aliphatic hydroxyl groups is 1. The molecule has 29 heavy (non-hydrogen) atoms. The van der Waals surface area contributed by atoms with Crippen LogP contribution in [0.15, 0.2) is 16.9 Å². The van der Waals surface area contributed by atoms with Crippen molar-refractivity contribution in [1.82, 2.24) is 20.1 Å².